The molecule has 0 aliphatic heterocycles. The molecule has 1 amide bonds. The summed E-state index contributed by atoms with van der Waals surface area (Å²) in [6.45, 7) is 23.6. The third kappa shape index (κ3) is 15.1. The lowest BCUT2D eigenvalue weighted by molar-refractivity contribution is -0.166. The van der Waals surface area contributed by atoms with E-state index in [1.165, 1.54) is 24.3 Å². The molecule has 2 atom stereocenters. The van der Waals surface area contributed by atoms with Crippen molar-refractivity contribution in [3.8, 4) is 0 Å². The first-order chi connectivity index (χ1) is 18.3. The van der Waals surface area contributed by atoms with E-state index in [-0.39, 0.29) is 36.8 Å². The number of nitrogens with one attached hydrogen (secondary N) is 1. The molecule has 0 aromatic heterocycles. The smallest absolute Gasteiger partial charge is 0.296 e. The normalized spacial score (nSPS) is 14.4. The van der Waals surface area contributed by atoms with Crippen LogP contribution in [-0.2, 0) is 34.0 Å². The van der Waals surface area contributed by atoms with Crippen LogP contribution in [-0.4, -0.2) is 54.9 Å². The van der Waals surface area contributed by atoms with Gasteiger partial charge in [-0.1, -0.05) is 53.7 Å². The lowest BCUT2D eigenvalue weighted by atomic mass is 9.72. The summed E-state index contributed by atoms with van der Waals surface area (Å²) in [4.78, 5) is 36.5. The molecule has 2 unspecified atom stereocenters. The molecule has 0 saturated carbocycles. The van der Waals surface area contributed by atoms with Crippen molar-refractivity contribution >= 4 is 33.8 Å². The van der Waals surface area contributed by atoms with Gasteiger partial charge in [0.05, 0.1) is 22.3 Å². The zero-order valence-electron chi connectivity index (χ0n) is 27.1. The van der Waals surface area contributed by atoms with Gasteiger partial charge in [0.25, 0.3) is 10.1 Å². The second kappa shape index (κ2) is 15.4. The van der Waals surface area contributed by atoms with Crippen molar-refractivity contribution in [2.24, 2.45) is 16.7 Å². The molecule has 0 fully saturated rings. The van der Waals surface area contributed by atoms with Crippen molar-refractivity contribution in [2.75, 3.05) is 11.9 Å². The van der Waals surface area contributed by atoms with Crippen LogP contribution < -0.4 is 5.32 Å². The van der Waals surface area contributed by atoms with Gasteiger partial charge in [-0.2, -0.15) is 8.42 Å². The van der Waals surface area contributed by atoms with Crippen LogP contribution in [0, 0.1) is 16.7 Å². The largest absolute Gasteiger partial charge is 0.375 e. The third-order valence-corrected chi connectivity index (χ3v) is 7.26. The number of aldehydes is 1. The van der Waals surface area contributed by atoms with Gasteiger partial charge in [0.2, 0.25) is 5.91 Å². The van der Waals surface area contributed by atoms with Gasteiger partial charge in [-0.05, 0) is 71.4 Å². The van der Waals surface area contributed by atoms with E-state index < -0.39 is 43.6 Å². The minimum absolute atomic E-state index is 0.0425. The Morgan fingerprint density at radius 1 is 0.976 bits per heavy atom. The van der Waals surface area contributed by atoms with Crippen molar-refractivity contribution in [1.29, 1.82) is 0 Å². The fourth-order valence-corrected chi connectivity index (χ4v) is 4.39. The average Bonchev–Trinajstić information content (AvgIpc) is 2.75. The van der Waals surface area contributed by atoms with Crippen molar-refractivity contribution < 1.29 is 36.8 Å². The number of anilines is 1. The number of benzene rings is 1. The number of para-hydroxylation sites is 1. The van der Waals surface area contributed by atoms with Crippen LogP contribution in [0.15, 0.2) is 29.2 Å². The Hall–Kier alpha value is -2.14. The minimum atomic E-state index is -4.51. The molecule has 1 rings (SSSR count). The van der Waals surface area contributed by atoms with E-state index >= 15 is 0 Å². The van der Waals surface area contributed by atoms with E-state index in [2.05, 4.69) is 33.0 Å². The highest BCUT2D eigenvalue weighted by Gasteiger charge is 2.46. The summed E-state index contributed by atoms with van der Waals surface area (Å²) in [7, 11) is -4.51. The number of carbonyl (C=O) groups is 3. The minimum Gasteiger partial charge on any atom is -0.375 e. The number of ketones is 1. The Morgan fingerprint density at radius 2 is 1.49 bits per heavy atom. The van der Waals surface area contributed by atoms with Gasteiger partial charge in [-0.3, -0.25) is 14.1 Å². The number of carbonyl (C=O) groups excluding carboxylic acids is 3. The molecule has 0 aliphatic rings. The second-order valence-corrected chi connectivity index (χ2v) is 15.4. The predicted octanol–water partition coefficient (Wildman–Crippen LogP) is 6.50. The molecule has 1 aromatic rings. The van der Waals surface area contributed by atoms with E-state index in [0.29, 0.717) is 18.1 Å². The Bertz CT molecular complexity index is 1110. The van der Waals surface area contributed by atoms with Crippen LogP contribution in [0.25, 0.3) is 0 Å². The molecule has 236 valence electrons. The molecule has 1 aromatic carbocycles. The zero-order valence-corrected chi connectivity index (χ0v) is 27.9. The fraction of sp³-hybridized carbons (Fsp3) is 0.710. The van der Waals surface area contributed by atoms with Gasteiger partial charge in [-0.25, -0.2) is 0 Å². The van der Waals surface area contributed by atoms with Crippen LogP contribution in [0.2, 0.25) is 0 Å². The summed E-state index contributed by atoms with van der Waals surface area (Å²) in [6, 6.07) is 5.50. The van der Waals surface area contributed by atoms with Crippen LogP contribution in [0.1, 0.15) is 102 Å². The lowest BCUT2D eigenvalue weighted by Gasteiger charge is -2.42. The second-order valence-electron chi connectivity index (χ2n) is 14.0. The van der Waals surface area contributed by atoms with Gasteiger partial charge in [0.15, 0.2) is 5.78 Å². The maximum atomic E-state index is 13.1. The maximum Gasteiger partial charge on any atom is 0.296 e. The molecule has 41 heavy (non-hydrogen) atoms. The highest BCUT2D eigenvalue weighted by atomic mass is 32.2. The molecule has 0 radical (unpaired) electrons. The average molecular weight is 600 g/mol. The summed E-state index contributed by atoms with van der Waals surface area (Å²) < 4.78 is 44.4. The van der Waals surface area contributed by atoms with Gasteiger partial charge >= 0.3 is 0 Å². The molecule has 2 N–H and O–H groups in total. The maximum absolute atomic E-state index is 13.1. The first kappa shape index (κ1) is 38.9. The first-order valence-electron chi connectivity index (χ1n) is 14.0. The Morgan fingerprint density at radius 3 is 1.95 bits per heavy atom. The third-order valence-electron chi connectivity index (χ3n) is 6.35. The Balaban J connectivity index is 0.00000292. The van der Waals surface area contributed by atoms with Gasteiger partial charge in [0.1, 0.15) is 17.3 Å². The monoisotopic (exact) mass is 599 g/mol. The number of rotatable bonds is 14. The topological polar surface area (TPSA) is 136 Å². The molecule has 9 nitrogen and oxygen atoms in total. The molecule has 0 aliphatic carbocycles. The number of hydrogen-bond acceptors (Lipinski definition) is 7. The van der Waals surface area contributed by atoms with Crippen LogP contribution in [0.4, 0.5) is 5.69 Å². The molecule has 10 heteroatoms. The number of ether oxygens (including phenoxy) is 2. The van der Waals surface area contributed by atoms with Crippen molar-refractivity contribution in [1.82, 2.24) is 0 Å². The van der Waals surface area contributed by atoms with Gasteiger partial charge in [-0.15, -0.1) is 0 Å². The lowest BCUT2D eigenvalue weighted by Crippen LogP contribution is -2.51. The molecule has 0 bridgehead atoms. The summed E-state index contributed by atoms with van der Waals surface area (Å²) in [5, 5.41) is 2.49. The highest BCUT2D eigenvalue weighted by molar-refractivity contribution is 7.86. The molecule has 0 saturated heterocycles. The summed E-state index contributed by atoms with van der Waals surface area (Å²) in [6.07, 6.45) is 0.513. The van der Waals surface area contributed by atoms with E-state index in [0.717, 1.165) is 0 Å². The van der Waals surface area contributed by atoms with Crippen LogP contribution in [0.3, 0.4) is 0 Å². The summed E-state index contributed by atoms with van der Waals surface area (Å²) >= 11 is 0. The Labute approximate surface area is 247 Å². The standard InChI is InChI=1S/C26H41NO8S.C5H12/c1-18(35-24(2,3)4)23(30)25(5,6)26(7,8)34-16-14-19(13-15-28)17-22(29)27-20-11-9-10-12-21(20)36(31,32)33;1-5(2,3)4/h9-12,15,18-19H,13-14,16-17H2,1-8H3,(H,27,29)(H,31,32,33);1-4H3. The summed E-state index contributed by atoms with van der Waals surface area (Å²) in [5.74, 6) is -0.956. The Kier molecular flexibility index (Phi) is 14.6. The SMILES string of the molecule is CC(C)(C)C.CC(OC(C)(C)C)C(=O)C(C)(C)C(C)(C)OCCC(CC=O)CC(=O)Nc1ccccc1S(=O)(=O)O. The van der Waals surface area contributed by atoms with Gasteiger partial charge in [0, 0.05) is 19.4 Å². The summed E-state index contributed by atoms with van der Waals surface area (Å²) in [5.41, 5.74) is -1.75. The molecular formula is C31H53NO8S. The quantitative estimate of drug-likeness (QED) is 0.183. The van der Waals surface area contributed by atoms with Crippen molar-refractivity contribution in [3.63, 3.8) is 0 Å². The molecule has 0 heterocycles. The van der Waals surface area contributed by atoms with Crippen molar-refractivity contribution in [2.45, 2.75) is 125 Å². The van der Waals surface area contributed by atoms with Crippen molar-refractivity contribution in [3.05, 3.63) is 24.3 Å². The number of Topliss-reactive ketones (excluding diaryl/α,β-unsaturated/α-hetero) is 1. The molecule has 0 spiro atoms. The fourth-order valence-electron chi connectivity index (χ4n) is 3.75. The highest BCUT2D eigenvalue weighted by Crippen LogP contribution is 2.37. The molecular weight excluding hydrogens is 546 g/mol. The van der Waals surface area contributed by atoms with Crippen LogP contribution >= 0.6 is 0 Å². The first-order valence-corrected chi connectivity index (χ1v) is 15.4. The van der Waals surface area contributed by atoms with Crippen LogP contribution in [0.5, 0.6) is 0 Å². The zero-order chi connectivity index (χ0) is 32.4. The predicted molar refractivity (Wildman–Crippen MR) is 163 cm³/mol. The van der Waals surface area contributed by atoms with E-state index in [4.69, 9.17) is 9.47 Å². The number of amides is 1. The van der Waals surface area contributed by atoms with E-state index in [9.17, 15) is 27.4 Å². The number of hydrogen-bond donors (Lipinski definition) is 2. The van der Waals surface area contributed by atoms with E-state index in [1.807, 2.05) is 34.6 Å². The van der Waals surface area contributed by atoms with E-state index in [1.54, 1.807) is 20.8 Å². The van der Waals surface area contributed by atoms with Gasteiger partial charge < -0.3 is 19.6 Å².